The molecule has 2 N–H and O–H groups in total. The molecule has 116 valence electrons. The highest BCUT2D eigenvalue weighted by atomic mass is 35.5. The molecule has 6 heteroatoms. The molecule has 0 saturated carbocycles. The minimum absolute atomic E-state index is 0.277. The minimum atomic E-state index is -0.743. The largest absolute Gasteiger partial charge is 0.444 e. The molecule has 2 amide bonds. The Morgan fingerprint density at radius 3 is 2.29 bits per heavy atom. The van der Waals surface area contributed by atoms with Crippen molar-refractivity contribution in [2.75, 3.05) is 13.1 Å². The number of hydrogen-bond acceptors (Lipinski definition) is 3. The van der Waals surface area contributed by atoms with Gasteiger partial charge in [-0.15, -0.1) is 11.6 Å². The number of nitrogens with one attached hydrogen (secondary N) is 2. The van der Waals surface area contributed by atoms with E-state index < -0.39 is 17.1 Å². The van der Waals surface area contributed by atoms with Crippen LogP contribution in [0.5, 0.6) is 0 Å². The summed E-state index contributed by atoms with van der Waals surface area (Å²) in [5, 5.41) is 4.47. The van der Waals surface area contributed by atoms with Gasteiger partial charge in [0.1, 0.15) is 11.0 Å². The zero-order valence-corrected chi connectivity index (χ0v) is 13.2. The second-order valence-corrected chi connectivity index (χ2v) is 5.93. The number of rotatable bonds is 5. The van der Waals surface area contributed by atoms with E-state index in [1.165, 1.54) is 0 Å². The van der Waals surface area contributed by atoms with Gasteiger partial charge < -0.3 is 15.4 Å². The van der Waals surface area contributed by atoms with E-state index in [9.17, 15) is 9.59 Å². The molecule has 1 unspecified atom stereocenters. The third kappa shape index (κ3) is 6.99. The summed E-state index contributed by atoms with van der Waals surface area (Å²) in [6, 6.07) is 9.08. The maximum atomic E-state index is 11.8. The number of benzene rings is 1. The molecule has 0 aromatic heterocycles. The van der Waals surface area contributed by atoms with Crippen LogP contribution in [-0.4, -0.2) is 30.7 Å². The van der Waals surface area contributed by atoms with Gasteiger partial charge in [0.2, 0.25) is 5.91 Å². The molecule has 0 saturated heterocycles. The van der Waals surface area contributed by atoms with Crippen molar-refractivity contribution < 1.29 is 14.3 Å². The molecule has 1 aromatic carbocycles. The fourth-order valence-electron chi connectivity index (χ4n) is 1.53. The van der Waals surface area contributed by atoms with Crippen molar-refractivity contribution >= 4 is 23.6 Å². The molecule has 0 spiro atoms. The van der Waals surface area contributed by atoms with E-state index in [-0.39, 0.29) is 19.0 Å². The van der Waals surface area contributed by atoms with E-state index in [4.69, 9.17) is 16.3 Å². The van der Waals surface area contributed by atoms with Gasteiger partial charge in [0.25, 0.3) is 0 Å². The Hall–Kier alpha value is -1.75. The topological polar surface area (TPSA) is 67.4 Å². The molecule has 1 rings (SSSR count). The van der Waals surface area contributed by atoms with Crippen molar-refractivity contribution in [1.29, 1.82) is 0 Å². The predicted octanol–water partition coefficient (Wildman–Crippen LogP) is 2.61. The van der Waals surface area contributed by atoms with E-state index in [0.717, 1.165) is 5.56 Å². The van der Waals surface area contributed by atoms with E-state index >= 15 is 0 Å². The standard InChI is InChI=1S/C15H21ClN2O3/c1-15(2,3)21-14(20)18-10-9-17-13(19)12(16)11-7-5-4-6-8-11/h4-8,12H,9-10H2,1-3H3,(H,17,19)(H,18,20). The van der Waals surface area contributed by atoms with Gasteiger partial charge in [-0.2, -0.15) is 0 Å². The van der Waals surface area contributed by atoms with Gasteiger partial charge >= 0.3 is 6.09 Å². The normalized spacial score (nSPS) is 12.4. The van der Waals surface area contributed by atoms with Gasteiger partial charge in [-0.1, -0.05) is 30.3 Å². The van der Waals surface area contributed by atoms with Crippen LogP contribution in [0.15, 0.2) is 30.3 Å². The second kappa shape index (κ2) is 7.88. The van der Waals surface area contributed by atoms with Crippen LogP contribution in [0.3, 0.4) is 0 Å². The summed E-state index contributed by atoms with van der Waals surface area (Å²) in [6.07, 6.45) is -0.512. The monoisotopic (exact) mass is 312 g/mol. The summed E-state index contributed by atoms with van der Waals surface area (Å²) in [5.41, 5.74) is 0.193. The van der Waals surface area contributed by atoms with Crippen LogP contribution in [0, 0.1) is 0 Å². The van der Waals surface area contributed by atoms with Crippen molar-refractivity contribution in [2.24, 2.45) is 0 Å². The number of carbonyl (C=O) groups is 2. The molecule has 0 heterocycles. The number of carbonyl (C=O) groups excluding carboxylic acids is 2. The van der Waals surface area contributed by atoms with Gasteiger partial charge in [-0.05, 0) is 26.3 Å². The average Bonchev–Trinajstić information content (AvgIpc) is 2.41. The Morgan fingerprint density at radius 2 is 1.71 bits per heavy atom. The lowest BCUT2D eigenvalue weighted by Gasteiger charge is -2.19. The van der Waals surface area contributed by atoms with Crippen molar-refractivity contribution in [3.05, 3.63) is 35.9 Å². The smallest absolute Gasteiger partial charge is 0.407 e. The maximum absolute atomic E-state index is 11.8. The fourth-order valence-corrected chi connectivity index (χ4v) is 1.75. The quantitative estimate of drug-likeness (QED) is 0.648. The third-order valence-electron chi connectivity index (χ3n) is 2.41. The predicted molar refractivity (Wildman–Crippen MR) is 82.3 cm³/mol. The van der Waals surface area contributed by atoms with Gasteiger partial charge in [0.15, 0.2) is 0 Å². The number of ether oxygens (including phenoxy) is 1. The zero-order valence-electron chi connectivity index (χ0n) is 12.5. The highest BCUT2D eigenvalue weighted by Gasteiger charge is 2.17. The fraction of sp³-hybridized carbons (Fsp3) is 0.467. The first-order chi connectivity index (χ1) is 9.79. The Bertz CT molecular complexity index is 472. The first-order valence-corrected chi connectivity index (χ1v) is 7.17. The van der Waals surface area contributed by atoms with Crippen LogP contribution < -0.4 is 10.6 Å². The van der Waals surface area contributed by atoms with Crippen LogP contribution in [0.25, 0.3) is 0 Å². The summed E-state index contributed by atoms with van der Waals surface area (Å²) in [4.78, 5) is 23.2. The number of amides is 2. The van der Waals surface area contributed by atoms with Crippen molar-refractivity contribution in [3.8, 4) is 0 Å². The van der Waals surface area contributed by atoms with E-state index in [1.807, 2.05) is 18.2 Å². The third-order valence-corrected chi connectivity index (χ3v) is 2.87. The van der Waals surface area contributed by atoms with Crippen molar-refractivity contribution in [2.45, 2.75) is 31.7 Å². The average molecular weight is 313 g/mol. The van der Waals surface area contributed by atoms with Gasteiger partial charge in [0.05, 0.1) is 0 Å². The van der Waals surface area contributed by atoms with Gasteiger partial charge in [-0.3, -0.25) is 4.79 Å². The second-order valence-electron chi connectivity index (χ2n) is 5.49. The maximum Gasteiger partial charge on any atom is 0.407 e. The zero-order chi connectivity index (χ0) is 15.9. The van der Waals surface area contributed by atoms with Crippen LogP contribution in [0.1, 0.15) is 31.7 Å². The number of alkyl carbamates (subject to hydrolysis) is 1. The molecule has 0 bridgehead atoms. The Labute approximate surface area is 130 Å². The lowest BCUT2D eigenvalue weighted by atomic mass is 10.1. The van der Waals surface area contributed by atoms with E-state index in [2.05, 4.69) is 10.6 Å². The van der Waals surface area contributed by atoms with Gasteiger partial charge in [0, 0.05) is 13.1 Å². The van der Waals surface area contributed by atoms with Crippen LogP contribution >= 0.6 is 11.6 Å². The summed E-state index contributed by atoms with van der Waals surface area (Å²) in [5.74, 6) is -0.297. The molecule has 5 nitrogen and oxygen atoms in total. The summed E-state index contributed by atoms with van der Waals surface area (Å²) >= 11 is 6.06. The van der Waals surface area contributed by atoms with Crippen molar-refractivity contribution in [1.82, 2.24) is 10.6 Å². The molecule has 0 aliphatic heterocycles. The number of halogens is 1. The van der Waals surface area contributed by atoms with Gasteiger partial charge in [-0.25, -0.2) is 4.79 Å². The molecule has 0 aliphatic carbocycles. The summed E-state index contributed by atoms with van der Waals surface area (Å²) in [7, 11) is 0. The summed E-state index contributed by atoms with van der Waals surface area (Å²) < 4.78 is 5.07. The van der Waals surface area contributed by atoms with E-state index in [1.54, 1.807) is 32.9 Å². The Kier molecular flexibility index (Phi) is 6.49. The number of hydrogen-bond donors (Lipinski definition) is 2. The molecular weight excluding hydrogens is 292 g/mol. The highest BCUT2D eigenvalue weighted by Crippen LogP contribution is 2.19. The molecule has 0 radical (unpaired) electrons. The van der Waals surface area contributed by atoms with Crippen molar-refractivity contribution in [3.63, 3.8) is 0 Å². The first kappa shape index (κ1) is 17.3. The Morgan fingerprint density at radius 1 is 1.14 bits per heavy atom. The van der Waals surface area contributed by atoms with E-state index in [0.29, 0.717) is 0 Å². The van der Waals surface area contributed by atoms with Crippen LogP contribution in [-0.2, 0) is 9.53 Å². The molecule has 21 heavy (non-hydrogen) atoms. The lowest BCUT2D eigenvalue weighted by Crippen LogP contribution is -2.38. The first-order valence-electron chi connectivity index (χ1n) is 6.73. The molecule has 0 fully saturated rings. The minimum Gasteiger partial charge on any atom is -0.444 e. The van der Waals surface area contributed by atoms with Crippen LogP contribution in [0.4, 0.5) is 4.79 Å². The molecular formula is C15H21ClN2O3. The SMILES string of the molecule is CC(C)(C)OC(=O)NCCNC(=O)C(Cl)c1ccccc1. The molecule has 1 aromatic rings. The molecule has 1 atom stereocenters. The highest BCUT2D eigenvalue weighted by molar-refractivity contribution is 6.30. The summed E-state index contributed by atoms with van der Waals surface area (Å²) in [6.45, 7) is 5.91. The Balaban J connectivity index is 2.27. The van der Waals surface area contributed by atoms with Crippen LogP contribution in [0.2, 0.25) is 0 Å². The molecule has 0 aliphatic rings. The number of alkyl halides is 1. The lowest BCUT2D eigenvalue weighted by molar-refractivity contribution is -0.120.